The first-order chi connectivity index (χ1) is 24.2. The maximum Gasteiger partial charge on any atom is 0.134 e. The van der Waals surface area contributed by atoms with Crippen LogP contribution in [0.5, 0.6) is 23.0 Å². The average molecular weight is 695 g/mol. The Morgan fingerprint density at radius 1 is 0.588 bits per heavy atom. The van der Waals surface area contributed by atoms with E-state index in [1.165, 1.54) is 11.1 Å². The van der Waals surface area contributed by atoms with Crippen molar-refractivity contribution in [3.63, 3.8) is 0 Å². The molecule has 2 fully saturated rings. The molecule has 1 N–H and O–H groups in total. The number of rotatable bonds is 17. The lowest BCUT2D eigenvalue weighted by molar-refractivity contribution is -0.0492. The van der Waals surface area contributed by atoms with Crippen LogP contribution in [0.3, 0.4) is 0 Å². The van der Waals surface area contributed by atoms with Crippen molar-refractivity contribution in [2.45, 2.75) is 102 Å². The van der Waals surface area contributed by atoms with E-state index in [0.717, 1.165) is 42.3 Å². The maximum absolute atomic E-state index is 11.1. The molecule has 7 heteroatoms. The minimum atomic E-state index is -0.879. The lowest BCUT2D eigenvalue weighted by Crippen LogP contribution is -2.45. The van der Waals surface area contributed by atoms with Crippen molar-refractivity contribution in [3.05, 3.63) is 119 Å². The molecule has 0 radical (unpaired) electrons. The third-order valence-corrected chi connectivity index (χ3v) is 10.8. The van der Waals surface area contributed by atoms with Crippen molar-refractivity contribution in [2.75, 3.05) is 26.4 Å². The summed E-state index contributed by atoms with van der Waals surface area (Å²) in [6.07, 6.45) is 0.426. The van der Waals surface area contributed by atoms with Gasteiger partial charge < -0.3 is 33.5 Å². The molecule has 4 aromatic rings. The van der Waals surface area contributed by atoms with Gasteiger partial charge in [-0.25, -0.2) is 0 Å². The van der Waals surface area contributed by atoms with Gasteiger partial charge in [-0.1, -0.05) is 83.1 Å². The number of aliphatic hydroxyl groups is 1. The molecule has 4 atom stereocenters. The van der Waals surface area contributed by atoms with Gasteiger partial charge in [-0.3, -0.25) is 0 Å². The summed E-state index contributed by atoms with van der Waals surface area (Å²) in [5.41, 5.74) is 3.08. The second kappa shape index (κ2) is 14.5. The summed E-state index contributed by atoms with van der Waals surface area (Å²) in [4.78, 5) is 0. The fourth-order valence-electron chi connectivity index (χ4n) is 6.28. The molecule has 0 aromatic heterocycles. The molecule has 4 unspecified atom stereocenters. The number of ether oxygens (including phenoxy) is 6. The minimum Gasteiger partial charge on any atom is -0.491 e. The van der Waals surface area contributed by atoms with E-state index in [2.05, 4.69) is 90.1 Å². The van der Waals surface area contributed by atoms with E-state index in [1.807, 2.05) is 62.4 Å². The lowest BCUT2D eigenvalue weighted by Gasteiger charge is -2.32. The number of epoxide rings is 2. The molecule has 4 aromatic carbocycles. The van der Waals surface area contributed by atoms with Gasteiger partial charge in [-0.15, -0.1) is 0 Å². The summed E-state index contributed by atoms with van der Waals surface area (Å²) in [7, 11) is 0. The third-order valence-electron chi connectivity index (χ3n) is 10.8. The van der Waals surface area contributed by atoms with E-state index in [1.54, 1.807) is 0 Å². The Kier molecular flexibility index (Phi) is 10.5. The first-order valence-corrected chi connectivity index (χ1v) is 18.2. The highest BCUT2D eigenvalue weighted by atomic mass is 16.6. The van der Waals surface area contributed by atoms with Crippen molar-refractivity contribution in [1.82, 2.24) is 0 Å². The zero-order valence-corrected chi connectivity index (χ0v) is 31.4. The fourth-order valence-corrected chi connectivity index (χ4v) is 6.28. The summed E-state index contributed by atoms with van der Waals surface area (Å²) in [6.45, 7) is 19.1. The third kappa shape index (κ3) is 8.71. The smallest absolute Gasteiger partial charge is 0.134 e. The molecule has 6 rings (SSSR count). The summed E-state index contributed by atoms with van der Waals surface area (Å²) in [5.74, 6) is 3.08. The summed E-state index contributed by atoms with van der Waals surface area (Å²) in [5, 5.41) is 11.1. The molecule has 272 valence electrons. The van der Waals surface area contributed by atoms with Gasteiger partial charge in [0, 0.05) is 10.8 Å². The van der Waals surface area contributed by atoms with Crippen molar-refractivity contribution >= 4 is 0 Å². The lowest BCUT2D eigenvalue weighted by atomic mass is 9.78. The molecule has 0 spiro atoms. The Morgan fingerprint density at radius 3 is 1.37 bits per heavy atom. The molecule has 2 saturated heterocycles. The molecule has 2 aliphatic heterocycles. The van der Waals surface area contributed by atoms with Gasteiger partial charge in [-0.05, 0) is 98.0 Å². The second-order valence-corrected chi connectivity index (χ2v) is 15.7. The highest BCUT2D eigenvalue weighted by molar-refractivity contribution is 5.43. The average Bonchev–Trinajstić information content (AvgIpc) is 4.05. The van der Waals surface area contributed by atoms with Crippen molar-refractivity contribution in [3.8, 4) is 23.0 Å². The van der Waals surface area contributed by atoms with E-state index in [4.69, 9.17) is 28.4 Å². The molecular formula is C44H54O7. The second-order valence-electron chi connectivity index (χ2n) is 15.7. The largest absolute Gasteiger partial charge is 0.491 e. The van der Waals surface area contributed by atoms with E-state index in [-0.39, 0.29) is 35.2 Å². The Bertz CT molecular complexity index is 1720. The summed E-state index contributed by atoms with van der Waals surface area (Å²) in [6, 6.07) is 32.8. The SMILES string of the molecule is CCC(C)(Oc1ccc(C(C)(C)c2ccc(OCC(O)C(C)(C)Oc3ccc(C(C)(C)c4ccc(OCC5CO5)cc4)cc3)cc2)cc1)C1CO1. The Balaban J connectivity index is 1.01. The topological polar surface area (TPSA) is 82.2 Å². The first kappa shape index (κ1) is 36.7. The summed E-state index contributed by atoms with van der Waals surface area (Å²) < 4.78 is 35.2. The zero-order chi connectivity index (χ0) is 36.4. The van der Waals surface area contributed by atoms with Crippen LogP contribution in [0.1, 0.15) is 84.1 Å². The molecule has 0 amide bonds. The Hall–Kier alpha value is -4.04. The van der Waals surface area contributed by atoms with Crippen molar-refractivity contribution in [1.29, 1.82) is 0 Å². The van der Waals surface area contributed by atoms with E-state index in [9.17, 15) is 5.11 Å². The van der Waals surface area contributed by atoms with Crippen LogP contribution in [-0.4, -0.2) is 61.0 Å². The van der Waals surface area contributed by atoms with Crippen LogP contribution in [0.2, 0.25) is 0 Å². The van der Waals surface area contributed by atoms with Crippen LogP contribution >= 0.6 is 0 Å². The molecule has 2 aliphatic rings. The predicted octanol–water partition coefficient (Wildman–Crippen LogP) is 8.66. The molecule has 2 heterocycles. The van der Waals surface area contributed by atoms with Gasteiger partial charge in [-0.2, -0.15) is 0 Å². The van der Waals surface area contributed by atoms with Gasteiger partial charge >= 0.3 is 0 Å². The van der Waals surface area contributed by atoms with Crippen LogP contribution in [0.25, 0.3) is 0 Å². The molecule has 0 saturated carbocycles. The Morgan fingerprint density at radius 2 is 0.980 bits per heavy atom. The monoisotopic (exact) mass is 694 g/mol. The standard InChI is InChI=1S/C44H54O7/c1-9-44(8,40-29-49-40)51-37-24-16-33(17-25-37)42(4,5)31-12-20-35(21-13-31)48-28-39(45)43(6,7)50-36-22-14-32(15-23-36)41(2,3)30-10-18-34(19-11-30)46-26-38-27-47-38/h10-25,38-40,45H,9,26-29H2,1-8H3. The van der Waals surface area contributed by atoms with Gasteiger partial charge in [0.05, 0.1) is 13.2 Å². The van der Waals surface area contributed by atoms with Gasteiger partial charge in [0.2, 0.25) is 0 Å². The van der Waals surface area contributed by atoms with Crippen molar-refractivity contribution in [2.24, 2.45) is 0 Å². The van der Waals surface area contributed by atoms with Crippen LogP contribution < -0.4 is 18.9 Å². The van der Waals surface area contributed by atoms with E-state index < -0.39 is 11.7 Å². The van der Waals surface area contributed by atoms with Gasteiger partial charge in [0.25, 0.3) is 0 Å². The fraction of sp³-hybridized carbons (Fsp3) is 0.455. The quantitative estimate of drug-likeness (QED) is 0.111. The molecule has 0 bridgehead atoms. The zero-order valence-electron chi connectivity index (χ0n) is 31.4. The minimum absolute atomic E-state index is 0.0955. The van der Waals surface area contributed by atoms with E-state index >= 15 is 0 Å². The predicted molar refractivity (Wildman–Crippen MR) is 201 cm³/mol. The molecular weight excluding hydrogens is 640 g/mol. The van der Waals surface area contributed by atoms with Crippen molar-refractivity contribution < 1.29 is 33.5 Å². The number of hydrogen-bond donors (Lipinski definition) is 1. The van der Waals surface area contributed by atoms with Crippen LogP contribution in [0.4, 0.5) is 0 Å². The maximum atomic E-state index is 11.1. The molecule has 51 heavy (non-hydrogen) atoms. The highest BCUT2D eigenvalue weighted by Gasteiger charge is 2.44. The molecule has 0 aliphatic carbocycles. The van der Waals surface area contributed by atoms with E-state index in [0.29, 0.717) is 18.1 Å². The summed E-state index contributed by atoms with van der Waals surface area (Å²) >= 11 is 0. The highest BCUT2D eigenvalue weighted by Crippen LogP contribution is 2.37. The van der Waals surface area contributed by atoms with Crippen LogP contribution in [0.15, 0.2) is 97.1 Å². The Labute approximate surface area is 303 Å². The van der Waals surface area contributed by atoms with Crippen LogP contribution in [0, 0.1) is 0 Å². The van der Waals surface area contributed by atoms with Gasteiger partial charge in [0.15, 0.2) is 0 Å². The number of aliphatic hydroxyl groups excluding tert-OH is 1. The van der Waals surface area contributed by atoms with Crippen LogP contribution in [-0.2, 0) is 20.3 Å². The molecule has 7 nitrogen and oxygen atoms in total. The number of benzene rings is 4. The number of hydrogen-bond acceptors (Lipinski definition) is 7. The van der Waals surface area contributed by atoms with Gasteiger partial charge in [0.1, 0.15) is 65.7 Å². The normalized spacial score (nSPS) is 19.1. The first-order valence-electron chi connectivity index (χ1n) is 18.2.